The van der Waals surface area contributed by atoms with E-state index in [1.807, 2.05) is 25.7 Å². The number of likely N-dealkylation sites (tertiary alicyclic amines) is 1. The van der Waals surface area contributed by atoms with E-state index < -0.39 is 0 Å². The number of carbonyl (C=O) groups excluding carboxylic acids is 1. The number of carbonyl (C=O) groups is 1. The highest BCUT2D eigenvalue weighted by molar-refractivity contribution is 5.78. The lowest BCUT2D eigenvalue weighted by atomic mass is 10.0. The van der Waals surface area contributed by atoms with Crippen molar-refractivity contribution in [1.82, 2.24) is 4.90 Å². The first kappa shape index (κ1) is 10.5. The second-order valence-electron chi connectivity index (χ2n) is 4.16. The minimum absolute atomic E-state index is 0.0693. The van der Waals surface area contributed by atoms with Gasteiger partial charge in [0, 0.05) is 31.0 Å². The number of rotatable bonds is 2. The number of aliphatic hydroxyl groups is 1. The first-order valence-corrected chi connectivity index (χ1v) is 4.99. The molecule has 0 bridgehead atoms. The van der Waals surface area contributed by atoms with E-state index in [-0.39, 0.29) is 30.4 Å². The zero-order chi connectivity index (χ0) is 10.0. The van der Waals surface area contributed by atoms with E-state index in [0.717, 1.165) is 13.0 Å². The zero-order valence-corrected chi connectivity index (χ0v) is 8.66. The average molecular weight is 185 g/mol. The molecule has 2 atom stereocenters. The van der Waals surface area contributed by atoms with Gasteiger partial charge >= 0.3 is 0 Å². The van der Waals surface area contributed by atoms with Gasteiger partial charge in [0.25, 0.3) is 0 Å². The summed E-state index contributed by atoms with van der Waals surface area (Å²) in [4.78, 5) is 13.6. The second-order valence-corrected chi connectivity index (χ2v) is 4.16. The zero-order valence-electron chi connectivity index (χ0n) is 8.66. The van der Waals surface area contributed by atoms with E-state index in [4.69, 9.17) is 5.11 Å². The number of hydrogen-bond donors (Lipinski definition) is 1. The van der Waals surface area contributed by atoms with Crippen molar-refractivity contribution < 1.29 is 9.90 Å². The van der Waals surface area contributed by atoms with Crippen LogP contribution in [0, 0.1) is 11.8 Å². The molecule has 2 unspecified atom stereocenters. The molecule has 1 saturated heterocycles. The quantitative estimate of drug-likeness (QED) is 0.693. The van der Waals surface area contributed by atoms with Gasteiger partial charge in [0.1, 0.15) is 0 Å². The SMILES string of the molecule is CC(C)C(=O)N1CCC(CO)C1C. The van der Waals surface area contributed by atoms with Crippen LogP contribution < -0.4 is 0 Å². The fourth-order valence-electron chi connectivity index (χ4n) is 1.89. The van der Waals surface area contributed by atoms with Crippen LogP contribution in [0.4, 0.5) is 0 Å². The Bertz CT molecular complexity index is 191. The van der Waals surface area contributed by atoms with Gasteiger partial charge in [-0.1, -0.05) is 13.8 Å². The Labute approximate surface area is 79.7 Å². The van der Waals surface area contributed by atoms with Gasteiger partial charge in [-0.2, -0.15) is 0 Å². The molecule has 3 nitrogen and oxygen atoms in total. The monoisotopic (exact) mass is 185 g/mol. The Morgan fingerprint density at radius 3 is 2.62 bits per heavy atom. The molecule has 1 N–H and O–H groups in total. The van der Waals surface area contributed by atoms with Crippen LogP contribution in [0.3, 0.4) is 0 Å². The average Bonchev–Trinajstić information content (AvgIpc) is 2.45. The van der Waals surface area contributed by atoms with Crippen molar-refractivity contribution in [3.8, 4) is 0 Å². The molecule has 0 spiro atoms. The smallest absolute Gasteiger partial charge is 0.225 e. The number of amides is 1. The molecule has 0 aromatic carbocycles. The third kappa shape index (κ3) is 2.02. The highest BCUT2D eigenvalue weighted by Gasteiger charge is 2.33. The molecule has 13 heavy (non-hydrogen) atoms. The molecule has 0 aromatic rings. The molecule has 76 valence electrons. The van der Waals surface area contributed by atoms with Crippen LogP contribution in [0.1, 0.15) is 27.2 Å². The molecule has 3 heteroatoms. The van der Waals surface area contributed by atoms with Gasteiger partial charge in [-0.3, -0.25) is 4.79 Å². The summed E-state index contributed by atoms with van der Waals surface area (Å²) in [7, 11) is 0. The van der Waals surface area contributed by atoms with E-state index >= 15 is 0 Å². The minimum Gasteiger partial charge on any atom is -0.396 e. The van der Waals surface area contributed by atoms with Gasteiger partial charge in [-0.15, -0.1) is 0 Å². The van der Waals surface area contributed by atoms with Crippen molar-refractivity contribution in [1.29, 1.82) is 0 Å². The fraction of sp³-hybridized carbons (Fsp3) is 0.900. The molecule has 1 amide bonds. The summed E-state index contributed by atoms with van der Waals surface area (Å²) in [5.74, 6) is 0.561. The molecule has 0 aliphatic carbocycles. The molecule has 1 fully saturated rings. The molecule has 0 saturated carbocycles. The van der Waals surface area contributed by atoms with Gasteiger partial charge in [-0.25, -0.2) is 0 Å². The molecule has 0 aromatic heterocycles. The largest absolute Gasteiger partial charge is 0.396 e. The Morgan fingerprint density at radius 1 is 1.62 bits per heavy atom. The standard InChI is InChI=1S/C10H19NO2/c1-7(2)10(13)11-5-4-9(6-12)8(11)3/h7-9,12H,4-6H2,1-3H3. The maximum absolute atomic E-state index is 11.7. The molecule has 1 aliphatic heterocycles. The lowest BCUT2D eigenvalue weighted by Gasteiger charge is -2.25. The van der Waals surface area contributed by atoms with E-state index in [1.54, 1.807) is 0 Å². The summed E-state index contributed by atoms with van der Waals surface area (Å²) < 4.78 is 0. The fourth-order valence-corrected chi connectivity index (χ4v) is 1.89. The van der Waals surface area contributed by atoms with Gasteiger partial charge in [0.05, 0.1) is 0 Å². The van der Waals surface area contributed by atoms with Crippen LogP contribution in [0.2, 0.25) is 0 Å². The Balaban J connectivity index is 2.59. The maximum Gasteiger partial charge on any atom is 0.225 e. The van der Waals surface area contributed by atoms with Crippen LogP contribution in [0.15, 0.2) is 0 Å². The van der Waals surface area contributed by atoms with E-state index in [9.17, 15) is 4.79 Å². The Morgan fingerprint density at radius 2 is 2.23 bits per heavy atom. The molecular formula is C10H19NO2. The predicted octanol–water partition coefficient (Wildman–Crippen LogP) is 0.872. The number of aliphatic hydroxyl groups excluding tert-OH is 1. The molecule has 0 radical (unpaired) electrons. The number of nitrogens with zero attached hydrogens (tertiary/aromatic N) is 1. The van der Waals surface area contributed by atoms with Crippen LogP contribution in [-0.2, 0) is 4.79 Å². The van der Waals surface area contributed by atoms with Crippen molar-refractivity contribution in [3.63, 3.8) is 0 Å². The lowest BCUT2D eigenvalue weighted by Crippen LogP contribution is -2.38. The van der Waals surface area contributed by atoms with Crippen LogP contribution >= 0.6 is 0 Å². The molecule has 1 heterocycles. The van der Waals surface area contributed by atoms with Gasteiger partial charge < -0.3 is 10.0 Å². The van der Waals surface area contributed by atoms with Crippen molar-refractivity contribution in [3.05, 3.63) is 0 Å². The van der Waals surface area contributed by atoms with E-state index in [0.29, 0.717) is 0 Å². The third-order valence-electron chi connectivity index (χ3n) is 2.93. The van der Waals surface area contributed by atoms with Crippen molar-refractivity contribution in [2.75, 3.05) is 13.2 Å². The first-order valence-electron chi connectivity index (χ1n) is 4.99. The van der Waals surface area contributed by atoms with Crippen LogP contribution in [0.5, 0.6) is 0 Å². The molecular weight excluding hydrogens is 166 g/mol. The first-order chi connectivity index (χ1) is 6.07. The van der Waals surface area contributed by atoms with Crippen molar-refractivity contribution in [2.45, 2.75) is 33.2 Å². The van der Waals surface area contributed by atoms with Crippen LogP contribution in [0.25, 0.3) is 0 Å². The topological polar surface area (TPSA) is 40.5 Å². The Hall–Kier alpha value is -0.570. The maximum atomic E-state index is 11.7. The summed E-state index contributed by atoms with van der Waals surface area (Å²) in [5.41, 5.74) is 0. The summed E-state index contributed by atoms with van der Waals surface area (Å²) >= 11 is 0. The van der Waals surface area contributed by atoms with E-state index in [1.165, 1.54) is 0 Å². The third-order valence-corrected chi connectivity index (χ3v) is 2.93. The summed E-state index contributed by atoms with van der Waals surface area (Å²) in [6, 6.07) is 0.208. The summed E-state index contributed by atoms with van der Waals surface area (Å²) in [6.45, 7) is 6.86. The second kappa shape index (κ2) is 4.09. The highest BCUT2D eigenvalue weighted by Crippen LogP contribution is 2.24. The minimum atomic E-state index is 0.0693. The molecule has 1 rings (SSSR count). The molecule has 1 aliphatic rings. The van der Waals surface area contributed by atoms with Crippen molar-refractivity contribution >= 4 is 5.91 Å². The van der Waals surface area contributed by atoms with Gasteiger partial charge in [-0.05, 0) is 13.3 Å². The van der Waals surface area contributed by atoms with Gasteiger partial charge in [0.2, 0.25) is 5.91 Å². The lowest BCUT2D eigenvalue weighted by molar-refractivity contribution is -0.135. The van der Waals surface area contributed by atoms with Gasteiger partial charge in [0.15, 0.2) is 0 Å². The highest BCUT2D eigenvalue weighted by atomic mass is 16.3. The summed E-state index contributed by atoms with van der Waals surface area (Å²) in [6.07, 6.45) is 0.941. The predicted molar refractivity (Wildman–Crippen MR) is 51.2 cm³/mol. The Kier molecular flexibility index (Phi) is 3.31. The van der Waals surface area contributed by atoms with Crippen molar-refractivity contribution in [2.24, 2.45) is 11.8 Å². The number of hydrogen-bond acceptors (Lipinski definition) is 2. The van der Waals surface area contributed by atoms with Crippen LogP contribution in [-0.4, -0.2) is 35.1 Å². The normalized spacial score (nSPS) is 28.5. The summed E-state index contributed by atoms with van der Waals surface area (Å²) in [5, 5.41) is 9.04. The van der Waals surface area contributed by atoms with E-state index in [2.05, 4.69) is 0 Å².